The minimum atomic E-state index is 0.412. The summed E-state index contributed by atoms with van der Waals surface area (Å²) in [7, 11) is 1.87. The number of ether oxygens (including phenoxy) is 1. The topological polar surface area (TPSA) is 40.1 Å². The van der Waals surface area contributed by atoms with Crippen molar-refractivity contribution in [2.24, 2.45) is 10.9 Å². The first-order chi connectivity index (χ1) is 13.7. The summed E-state index contributed by atoms with van der Waals surface area (Å²) in [5.74, 6) is 1.89. The molecule has 0 spiro atoms. The third kappa shape index (κ3) is 6.21. The zero-order valence-electron chi connectivity index (χ0n) is 18.0. The Morgan fingerprint density at radius 2 is 1.68 bits per heavy atom. The van der Waals surface area contributed by atoms with Crippen molar-refractivity contribution in [2.75, 3.05) is 39.8 Å². The predicted octanol–water partition coefficient (Wildman–Crippen LogP) is 3.49. The van der Waals surface area contributed by atoms with E-state index < -0.39 is 0 Å². The van der Waals surface area contributed by atoms with Crippen LogP contribution in [0.2, 0.25) is 0 Å². The second-order valence-electron chi connectivity index (χ2n) is 8.32. The van der Waals surface area contributed by atoms with Crippen LogP contribution in [0.5, 0.6) is 0 Å². The van der Waals surface area contributed by atoms with Gasteiger partial charge >= 0.3 is 0 Å². The summed E-state index contributed by atoms with van der Waals surface area (Å²) in [6.45, 7) is 11.7. The lowest BCUT2D eigenvalue weighted by molar-refractivity contribution is 0.0263. The van der Waals surface area contributed by atoms with E-state index >= 15 is 0 Å². The lowest BCUT2D eigenvalue weighted by Gasteiger charge is -2.34. The summed E-state index contributed by atoms with van der Waals surface area (Å²) in [5, 5.41) is 3.53. The molecule has 0 radical (unpaired) electrons. The van der Waals surface area contributed by atoms with Gasteiger partial charge in [-0.15, -0.1) is 0 Å². The van der Waals surface area contributed by atoms with Gasteiger partial charge in [-0.25, -0.2) is 0 Å². The van der Waals surface area contributed by atoms with Crippen molar-refractivity contribution < 1.29 is 4.74 Å². The number of likely N-dealkylation sites (tertiary alicyclic amines) is 2. The van der Waals surface area contributed by atoms with Crippen LogP contribution in [0.1, 0.15) is 50.7 Å². The van der Waals surface area contributed by atoms with Crippen LogP contribution in [-0.4, -0.2) is 61.7 Å². The molecule has 0 aromatic heterocycles. The van der Waals surface area contributed by atoms with Crippen molar-refractivity contribution in [3.05, 3.63) is 35.4 Å². The summed E-state index contributed by atoms with van der Waals surface area (Å²) >= 11 is 0. The fourth-order valence-corrected chi connectivity index (χ4v) is 4.22. The Balaban J connectivity index is 1.43. The second kappa shape index (κ2) is 10.8. The number of rotatable bonds is 6. The normalized spacial score (nSPS) is 20.5. The maximum Gasteiger partial charge on any atom is 0.193 e. The average molecular weight is 387 g/mol. The molecule has 1 aromatic carbocycles. The van der Waals surface area contributed by atoms with E-state index in [9.17, 15) is 0 Å². The molecule has 3 rings (SSSR count). The fourth-order valence-electron chi connectivity index (χ4n) is 4.22. The molecule has 28 heavy (non-hydrogen) atoms. The minimum absolute atomic E-state index is 0.412. The molecule has 0 bridgehead atoms. The van der Waals surface area contributed by atoms with E-state index in [0.29, 0.717) is 6.10 Å². The summed E-state index contributed by atoms with van der Waals surface area (Å²) < 4.78 is 5.75. The zero-order valence-corrected chi connectivity index (χ0v) is 18.0. The summed E-state index contributed by atoms with van der Waals surface area (Å²) in [4.78, 5) is 9.42. The predicted molar refractivity (Wildman–Crippen MR) is 117 cm³/mol. The van der Waals surface area contributed by atoms with Crippen molar-refractivity contribution in [3.63, 3.8) is 0 Å². The number of hydrogen-bond acceptors (Lipinski definition) is 3. The van der Waals surface area contributed by atoms with Crippen molar-refractivity contribution >= 4 is 5.96 Å². The van der Waals surface area contributed by atoms with Gasteiger partial charge in [-0.2, -0.15) is 0 Å². The molecule has 2 fully saturated rings. The lowest BCUT2D eigenvalue weighted by Crippen LogP contribution is -2.46. The number of piperidine rings is 2. The molecule has 0 amide bonds. The van der Waals surface area contributed by atoms with Crippen molar-refractivity contribution in [1.29, 1.82) is 0 Å². The smallest absolute Gasteiger partial charge is 0.193 e. The number of benzene rings is 1. The van der Waals surface area contributed by atoms with E-state index in [1.54, 1.807) is 0 Å². The monoisotopic (exact) mass is 386 g/mol. The molecule has 0 aliphatic carbocycles. The van der Waals surface area contributed by atoms with Crippen molar-refractivity contribution in [1.82, 2.24) is 15.1 Å². The molecule has 156 valence electrons. The molecule has 2 aliphatic rings. The van der Waals surface area contributed by atoms with Crippen LogP contribution in [-0.2, 0) is 17.8 Å². The first kappa shape index (κ1) is 21.1. The van der Waals surface area contributed by atoms with E-state index in [1.165, 1.54) is 37.1 Å². The number of nitrogens with one attached hydrogen (secondary N) is 1. The van der Waals surface area contributed by atoms with E-state index in [4.69, 9.17) is 4.74 Å². The molecule has 1 aromatic rings. The minimum Gasteiger partial charge on any atom is -0.378 e. The van der Waals surface area contributed by atoms with Gasteiger partial charge in [0.15, 0.2) is 5.96 Å². The highest BCUT2D eigenvalue weighted by molar-refractivity contribution is 5.79. The van der Waals surface area contributed by atoms with Gasteiger partial charge in [0.2, 0.25) is 0 Å². The van der Waals surface area contributed by atoms with Crippen LogP contribution in [0.3, 0.4) is 0 Å². The van der Waals surface area contributed by atoms with Gasteiger partial charge < -0.3 is 15.0 Å². The Labute approximate surface area is 171 Å². The standard InChI is InChI=1S/C23H38N4O/c1-4-28-22-11-15-27(16-12-22)23(24-3)25-17-20-5-7-21(8-6-20)18-26-13-9-19(2)10-14-26/h5-8,19,22H,4,9-18H2,1-3H3,(H,24,25). The Hall–Kier alpha value is -1.59. The highest BCUT2D eigenvalue weighted by Crippen LogP contribution is 2.18. The average Bonchev–Trinajstić information content (AvgIpc) is 2.73. The maximum absolute atomic E-state index is 5.75. The van der Waals surface area contributed by atoms with Gasteiger partial charge in [0.25, 0.3) is 0 Å². The zero-order chi connectivity index (χ0) is 19.8. The highest BCUT2D eigenvalue weighted by Gasteiger charge is 2.21. The fraction of sp³-hybridized carbons (Fsp3) is 0.696. The van der Waals surface area contributed by atoms with Crippen LogP contribution >= 0.6 is 0 Å². The van der Waals surface area contributed by atoms with Gasteiger partial charge in [-0.3, -0.25) is 9.89 Å². The van der Waals surface area contributed by atoms with E-state index in [2.05, 4.69) is 58.2 Å². The highest BCUT2D eigenvalue weighted by atomic mass is 16.5. The van der Waals surface area contributed by atoms with Crippen LogP contribution in [0, 0.1) is 5.92 Å². The van der Waals surface area contributed by atoms with Crippen molar-refractivity contribution in [3.8, 4) is 0 Å². The Morgan fingerprint density at radius 1 is 1.04 bits per heavy atom. The summed E-state index contributed by atoms with van der Waals surface area (Å²) in [6.07, 6.45) is 5.25. The van der Waals surface area contributed by atoms with E-state index in [-0.39, 0.29) is 0 Å². The molecule has 2 heterocycles. The molecule has 1 N–H and O–H groups in total. The first-order valence-electron chi connectivity index (χ1n) is 11.0. The van der Waals surface area contributed by atoms with Crippen LogP contribution in [0.4, 0.5) is 0 Å². The van der Waals surface area contributed by atoms with Crippen molar-refractivity contribution in [2.45, 2.75) is 58.7 Å². The molecular formula is C23H38N4O. The van der Waals surface area contributed by atoms with Gasteiger partial charge in [0.05, 0.1) is 6.10 Å². The molecule has 0 unspecified atom stereocenters. The molecular weight excluding hydrogens is 348 g/mol. The van der Waals surface area contributed by atoms with Crippen LogP contribution in [0.25, 0.3) is 0 Å². The lowest BCUT2D eigenvalue weighted by atomic mass is 9.99. The van der Waals surface area contributed by atoms with Gasteiger partial charge in [0, 0.05) is 39.8 Å². The van der Waals surface area contributed by atoms with Gasteiger partial charge in [-0.1, -0.05) is 31.2 Å². The molecule has 0 atom stereocenters. The number of guanidine groups is 1. The molecule has 0 saturated carbocycles. The van der Waals surface area contributed by atoms with Crippen LogP contribution < -0.4 is 5.32 Å². The molecule has 5 nitrogen and oxygen atoms in total. The van der Waals surface area contributed by atoms with Crippen LogP contribution in [0.15, 0.2) is 29.3 Å². The SMILES string of the molecule is CCOC1CCN(C(=NC)NCc2ccc(CN3CCC(C)CC3)cc2)CC1. The van der Waals surface area contributed by atoms with Gasteiger partial charge in [-0.05, 0) is 62.7 Å². The number of hydrogen-bond donors (Lipinski definition) is 1. The first-order valence-corrected chi connectivity index (χ1v) is 11.0. The quantitative estimate of drug-likeness (QED) is 0.600. The van der Waals surface area contributed by atoms with E-state index in [1.807, 2.05) is 7.05 Å². The maximum atomic E-state index is 5.75. The molecule has 2 saturated heterocycles. The van der Waals surface area contributed by atoms with E-state index in [0.717, 1.165) is 57.5 Å². The molecule has 2 aliphatic heterocycles. The second-order valence-corrected chi connectivity index (χ2v) is 8.32. The molecule has 5 heteroatoms. The summed E-state index contributed by atoms with van der Waals surface area (Å²) in [6, 6.07) is 9.07. The Kier molecular flexibility index (Phi) is 8.16. The number of aliphatic imine (C=N–C) groups is 1. The third-order valence-corrected chi connectivity index (χ3v) is 6.11. The third-order valence-electron chi connectivity index (χ3n) is 6.11. The summed E-state index contributed by atoms with van der Waals surface area (Å²) in [5.41, 5.74) is 2.72. The number of nitrogens with zero attached hydrogens (tertiary/aromatic N) is 3. The Bertz CT molecular complexity index is 600. The Morgan fingerprint density at radius 3 is 2.29 bits per heavy atom. The van der Waals surface area contributed by atoms with Gasteiger partial charge in [0.1, 0.15) is 0 Å². The largest absolute Gasteiger partial charge is 0.378 e.